The van der Waals surface area contributed by atoms with Crippen LogP contribution in [0.25, 0.3) is 11.6 Å². The fourth-order valence-electron chi connectivity index (χ4n) is 12.8. The predicted molar refractivity (Wildman–Crippen MR) is 420 cm³/mol. The number of anilines is 2. The van der Waals surface area contributed by atoms with Gasteiger partial charge in [0.25, 0.3) is 23.6 Å². The zero-order chi connectivity index (χ0) is 74.5. The highest BCUT2D eigenvalue weighted by Crippen LogP contribution is 2.41. The molecule has 0 saturated heterocycles. The van der Waals surface area contributed by atoms with Crippen molar-refractivity contribution in [2.75, 3.05) is 63.8 Å². The summed E-state index contributed by atoms with van der Waals surface area (Å²) in [5.41, 5.74) is 16.9. The lowest BCUT2D eigenvalue weighted by atomic mass is 9.91. The number of azo groups is 2. The third-order valence-electron chi connectivity index (χ3n) is 19.2. The summed E-state index contributed by atoms with van der Waals surface area (Å²) in [4.78, 5) is 76.9. The Hall–Kier alpha value is -7.38. The first-order valence-electron chi connectivity index (χ1n) is 40.0. The Bertz CT molecular complexity index is 3110. The summed E-state index contributed by atoms with van der Waals surface area (Å²) in [6, 6.07) is 12.3. The molecule has 0 aliphatic heterocycles. The van der Waals surface area contributed by atoms with Crippen LogP contribution in [0, 0.1) is 0 Å². The second-order valence-corrected chi connectivity index (χ2v) is 30.2. The van der Waals surface area contributed by atoms with Crippen LogP contribution in [0.1, 0.15) is 355 Å². The van der Waals surface area contributed by atoms with E-state index in [0.717, 1.165) is 205 Å². The smallest absolute Gasteiger partial charge is 0.256 e. The van der Waals surface area contributed by atoms with E-state index in [-0.39, 0.29) is 69.6 Å². The molecular formula is C82H134N16O4. The lowest BCUT2D eigenvalue weighted by Crippen LogP contribution is -2.34. The summed E-state index contributed by atoms with van der Waals surface area (Å²) in [5, 5.41) is 29.9. The highest BCUT2D eigenvalue weighted by Gasteiger charge is 2.32. The van der Waals surface area contributed by atoms with Crippen LogP contribution in [0.2, 0.25) is 0 Å². The van der Waals surface area contributed by atoms with Crippen molar-refractivity contribution in [3.05, 3.63) is 82.4 Å². The normalized spacial score (nSPS) is 12.0. The van der Waals surface area contributed by atoms with E-state index in [4.69, 9.17) is 52.1 Å². The minimum Gasteiger partial charge on any atom is -0.382 e. The third kappa shape index (κ3) is 26.7. The van der Waals surface area contributed by atoms with Crippen molar-refractivity contribution in [2.24, 2.45) is 20.5 Å². The summed E-state index contributed by atoms with van der Waals surface area (Å²) in [5.74, 6) is 0.351. The number of amides is 4. The quantitative estimate of drug-likeness (QED) is 0.0275. The summed E-state index contributed by atoms with van der Waals surface area (Å²) in [7, 11) is 0. The van der Waals surface area contributed by atoms with E-state index in [0.29, 0.717) is 86.0 Å². The standard InChI is InChI=1S/C82H134N16O4/c1-15-23-31-39-51-93(52-40-32-24-16-2)77(99)63-47-49-65(79(101)95(55-43-35-27-19-5)56-44-36-28-20-6)67(59-63)87-89-71-73(81(9,10)11)91-97(75(71)83)69-61-70(86-62-85-69)98-76(84)72(74(92-98)82(12,13)14)90-88-68-60-64(78(100)94(53-41-33-25-17-3)54-42-34-26-18-4)48-50-66(68)80(102)96(57-45-37-29-21-7)58-46-38-30-22-8/h47-50,59-62H,15-46,51-58,83-84H2,1-14H3. The predicted octanol–water partition coefficient (Wildman–Crippen LogP) is 21.8. The Morgan fingerprint density at radius 2 is 0.608 bits per heavy atom. The van der Waals surface area contributed by atoms with Crippen LogP contribution in [0.3, 0.4) is 0 Å². The molecule has 0 saturated carbocycles. The highest BCUT2D eigenvalue weighted by molar-refractivity contribution is 6.03. The van der Waals surface area contributed by atoms with Gasteiger partial charge in [-0.1, -0.05) is 251 Å². The molecule has 3 heterocycles. The molecule has 5 aromatic rings. The molecule has 0 atom stereocenters. The largest absolute Gasteiger partial charge is 0.382 e. The van der Waals surface area contributed by atoms with E-state index >= 15 is 9.59 Å². The summed E-state index contributed by atoms with van der Waals surface area (Å²) < 4.78 is 3.00. The molecular weight excluding hydrogens is 1270 g/mol. The number of unbranched alkanes of at least 4 members (excludes halogenated alkanes) is 24. The van der Waals surface area contributed by atoms with Crippen LogP contribution in [0.4, 0.5) is 34.4 Å². The Labute approximate surface area is 614 Å². The molecule has 566 valence electrons. The van der Waals surface area contributed by atoms with Crippen LogP contribution in [-0.4, -0.2) is 125 Å². The van der Waals surface area contributed by atoms with Gasteiger partial charge < -0.3 is 31.1 Å². The molecule has 102 heavy (non-hydrogen) atoms. The van der Waals surface area contributed by atoms with Crippen molar-refractivity contribution in [3.63, 3.8) is 0 Å². The number of nitrogen functional groups attached to an aromatic ring is 2. The van der Waals surface area contributed by atoms with Crippen LogP contribution in [-0.2, 0) is 10.8 Å². The van der Waals surface area contributed by atoms with Crippen LogP contribution >= 0.6 is 0 Å². The van der Waals surface area contributed by atoms with Gasteiger partial charge in [-0.3, -0.25) is 19.2 Å². The number of aromatic nitrogens is 6. The van der Waals surface area contributed by atoms with Crippen molar-refractivity contribution >= 4 is 58.0 Å². The summed E-state index contributed by atoms with van der Waals surface area (Å²) >= 11 is 0. The van der Waals surface area contributed by atoms with Gasteiger partial charge in [-0.2, -0.15) is 19.6 Å². The molecule has 20 nitrogen and oxygen atoms in total. The molecule has 0 aliphatic rings. The van der Waals surface area contributed by atoms with Crippen molar-refractivity contribution in [2.45, 2.75) is 313 Å². The molecule has 4 amide bonds. The monoisotopic (exact) mass is 1410 g/mol. The van der Waals surface area contributed by atoms with E-state index in [1.54, 1.807) is 42.5 Å². The fraction of sp³-hybridized carbons (Fsp3) is 0.683. The molecule has 0 spiro atoms. The molecule has 20 heteroatoms. The third-order valence-corrected chi connectivity index (χ3v) is 19.2. The van der Waals surface area contributed by atoms with E-state index < -0.39 is 10.8 Å². The first kappa shape index (κ1) is 85.3. The van der Waals surface area contributed by atoms with Gasteiger partial charge in [-0.15, -0.1) is 20.5 Å². The number of hydrogen-bond donors (Lipinski definition) is 2. The van der Waals surface area contributed by atoms with Crippen molar-refractivity contribution in [3.8, 4) is 11.6 Å². The van der Waals surface area contributed by atoms with Gasteiger partial charge in [-0.05, 0) is 87.8 Å². The SMILES string of the molecule is CCCCCCN(CCCCCC)C(=O)c1ccc(C(=O)N(CCCCCC)CCCCCC)c(N=Nc2c(C(C)(C)C)nn(-c3cc(-n4nc(C(C)(C)C)c(N=Nc5cc(C(=O)N(CCCCCC)CCCCCC)ccc5C(=O)N(CCCCCC)CCCCCC)c4N)ncn3)c2N)c1. The van der Waals surface area contributed by atoms with Gasteiger partial charge in [0.15, 0.2) is 34.6 Å². The topological polar surface area (TPSA) is 244 Å². The molecule has 4 N–H and O–H groups in total. The fourth-order valence-corrected chi connectivity index (χ4v) is 12.8. The van der Waals surface area contributed by atoms with Gasteiger partial charge in [0.2, 0.25) is 0 Å². The summed E-state index contributed by atoms with van der Waals surface area (Å²) in [6.45, 7) is 34.7. The Morgan fingerprint density at radius 3 is 0.853 bits per heavy atom. The zero-order valence-electron chi connectivity index (χ0n) is 66.0. The first-order chi connectivity index (χ1) is 49.1. The Balaban J connectivity index is 1.67. The van der Waals surface area contributed by atoms with Crippen molar-refractivity contribution in [1.29, 1.82) is 0 Å². The molecule has 3 aromatic heterocycles. The molecule has 0 aliphatic carbocycles. The second-order valence-electron chi connectivity index (χ2n) is 30.2. The average Bonchev–Trinajstić information content (AvgIpc) is 1.06. The average molecular weight is 1410 g/mol. The molecule has 0 bridgehead atoms. The lowest BCUT2D eigenvalue weighted by Gasteiger charge is -2.25. The second kappa shape index (κ2) is 45.7. The van der Waals surface area contributed by atoms with Crippen LogP contribution in [0.15, 0.2) is 69.2 Å². The number of rotatable bonds is 50. The lowest BCUT2D eigenvalue weighted by molar-refractivity contribution is 0.0738. The molecule has 5 rings (SSSR count). The van der Waals surface area contributed by atoms with E-state index in [2.05, 4.69) is 55.4 Å². The maximum Gasteiger partial charge on any atom is 0.256 e. The van der Waals surface area contributed by atoms with Crippen LogP contribution in [0.5, 0.6) is 0 Å². The van der Waals surface area contributed by atoms with Crippen molar-refractivity contribution in [1.82, 2.24) is 49.1 Å². The highest BCUT2D eigenvalue weighted by atomic mass is 16.2. The van der Waals surface area contributed by atoms with Crippen LogP contribution < -0.4 is 11.5 Å². The van der Waals surface area contributed by atoms with Gasteiger partial charge >= 0.3 is 0 Å². The van der Waals surface area contributed by atoms with E-state index in [1.165, 1.54) is 15.7 Å². The van der Waals surface area contributed by atoms with Gasteiger partial charge in [0.05, 0.1) is 33.9 Å². The Kier molecular flexibility index (Phi) is 38.2. The number of nitrogens with zero attached hydrogens (tertiary/aromatic N) is 14. The van der Waals surface area contributed by atoms with Gasteiger partial charge in [-0.25, -0.2) is 9.97 Å². The Morgan fingerprint density at radius 1 is 0.353 bits per heavy atom. The van der Waals surface area contributed by atoms with E-state index in [1.807, 2.05) is 61.1 Å². The first-order valence-corrected chi connectivity index (χ1v) is 40.0. The number of benzene rings is 2. The maximum atomic E-state index is 15.1. The number of carbonyl (C=O) groups is 4. The number of nitrogens with two attached hydrogens (primary N) is 2. The van der Waals surface area contributed by atoms with E-state index in [9.17, 15) is 9.59 Å². The minimum absolute atomic E-state index is 0.0925. The summed E-state index contributed by atoms with van der Waals surface area (Å²) in [6.07, 6.45) is 34.4. The molecule has 0 radical (unpaired) electrons. The zero-order valence-corrected chi connectivity index (χ0v) is 66.0. The maximum absolute atomic E-state index is 15.1. The molecule has 0 fully saturated rings. The number of carbonyl (C=O) groups excluding carboxylic acids is 4. The molecule has 0 unspecified atom stereocenters. The minimum atomic E-state index is -0.626. The molecule has 2 aromatic carbocycles. The van der Waals surface area contributed by atoms with Crippen molar-refractivity contribution < 1.29 is 19.2 Å². The van der Waals surface area contributed by atoms with Gasteiger partial charge in [0, 0.05) is 80.4 Å². The number of hydrogen-bond acceptors (Lipinski definition) is 14. The van der Waals surface area contributed by atoms with Gasteiger partial charge in [0.1, 0.15) is 6.33 Å².